The molecule has 0 saturated carbocycles. The number of methoxy groups -OCH3 is 4. The molecule has 0 fully saturated rings. The van der Waals surface area contributed by atoms with E-state index in [9.17, 15) is 14.1 Å². The van der Waals surface area contributed by atoms with E-state index in [2.05, 4.69) is 5.32 Å². The molecule has 162 valence electrons. The first-order chi connectivity index (χ1) is 14.4. The zero-order chi connectivity index (χ0) is 22.1. The summed E-state index contributed by atoms with van der Waals surface area (Å²) in [4.78, 5) is 10.7. The second-order valence-corrected chi connectivity index (χ2v) is 7.36. The summed E-state index contributed by atoms with van der Waals surface area (Å²) in [5.74, 6) is 1.10. The van der Waals surface area contributed by atoms with Crippen LogP contribution in [0.4, 0.5) is 5.69 Å². The number of hydrogen-bond donors (Lipinski definition) is 1. The van der Waals surface area contributed by atoms with Crippen molar-refractivity contribution in [2.45, 2.75) is 5.75 Å². The van der Waals surface area contributed by atoms with Gasteiger partial charge < -0.3 is 34.2 Å². The summed E-state index contributed by atoms with van der Waals surface area (Å²) < 4.78 is 33.8. The van der Waals surface area contributed by atoms with Gasteiger partial charge in [0.15, 0.2) is 0 Å². The number of nitrogens with one attached hydrogen (secondary N) is 1. The number of carbonyl (C=O) groups excluding carboxylic acids is 1. The molecule has 1 unspecified atom stereocenters. The van der Waals surface area contributed by atoms with Crippen molar-refractivity contribution >= 4 is 28.5 Å². The number of ether oxygens (including phenoxy) is 4. The van der Waals surface area contributed by atoms with Gasteiger partial charge in [0.25, 0.3) is 0 Å². The zero-order valence-electron chi connectivity index (χ0n) is 18.2. The van der Waals surface area contributed by atoms with Crippen LogP contribution in [0.3, 0.4) is 0 Å². The van der Waals surface area contributed by atoms with E-state index >= 15 is 0 Å². The van der Waals surface area contributed by atoms with Gasteiger partial charge in [0.1, 0.15) is 23.0 Å². The third kappa shape index (κ3) is 7.77. The molecular formula is C21H24NNaO7S. The summed E-state index contributed by atoms with van der Waals surface area (Å²) in [6.07, 6.45) is 1.67. The van der Waals surface area contributed by atoms with Crippen molar-refractivity contribution in [3.8, 4) is 23.0 Å². The van der Waals surface area contributed by atoms with Crippen molar-refractivity contribution in [1.82, 2.24) is 0 Å². The van der Waals surface area contributed by atoms with Crippen LogP contribution in [0.2, 0.25) is 0 Å². The van der Waals surface area contributed by atoms with Crippen molar-refractivity contribution in [2.75, 3.05) is 40.3 Å². The van der Waals surface area contributed by atoms with Gasteiger partial charge in [0.05, 0.1) is 68.8 Å². The van der Waals surface area contributed by atoms with Gasteiger partial charge in [-0.25, -0.2) is 0 Å². The molecule has 0 heterocycles. The standard InChI is InChI=1S/C21H25NO7S.Na/c1-26-15-10-19(28-3)16(20(11-15)29-4)7-8-30(25)13-14-5-6-18(27-2)17(9-14)22-12-21(23)24;/h5-11,22H,12-13H2,1-4H3,(H,23,24);/q;+1/p-1/b8-7+;. The van der Waals surface area contributed by atoms with Gasteiger partial charge in [0.2, 0.25) is 0 Å². The molecule has 8 nitrogen and oxygen atoms in total. The third-order valence-corrected chi connectivity index (χ3v) is 5.19. The van der Waals surface area contributed by atoms with Crippen molar-refractivity contribution in [2.24, 2.45) is 0 Å². The Morgan fingerprint density at radius 1 is 1.00 bits per heavy atom. The molecule has 0 spiro atoms. The fourth-order valence-corrected chi connectivity index (χ4v) is 3.60. The first kappa shape index (κ1) is 26.8. The second-order valence-electron chi connectivity index (χ2n) is 6.03. The van der Waals surface area contributed by atoms with Crippen molar-refractivity contribution in [3.63, 3.8) is 0 Å². The molecule has 2 aromatic carbocycles. The molecule has 2 aromatic rings. The normalized spacial score (nSPS) is 11.4. The topological polar surface area (TPSA) is 106 Å². The van der Waals surface area contributed by atoms with Gasteiger partial charge in [0, 0.05) is 17.5 Å². The zero-order valence-corrected chi connectivity index (χ0v) is 21.0. The minimum atomic E-state index is -1.35. The Morgan fingerprint density at radius 2 is 1.61 bits per heavy atom. The Bertz CT molecular complexity index is 924. The Hall–Kier alpha value is -2.20. The van der Waals surface area contributed by atoms with Crippen molar-refractivity contribution in [3.05, 3.63) is 46.9 Å². The van der Waals surface area contributed by atoms with Crippen LogP contribution in [0.25, 0.3) is 6.08 Å². The number of carboxylic acid groups (broad SMARTS) is 1. The predicted octanol–water partition coefficient (Wildman–Crippen LogP) is -1.19. The smallest absolute Gasteiger partial charge is 0.548 e. The van der Waals surface area contributed by atoms with E-state index in [1.54, 1.807) is 48.9 Å². The van der Waals surface area contributed by atoms with E-state index in [0.717, 1.165) is 5.56 Å². The van der Waals surface area contributed by atoms with Gasteiger partial charge in [-0.05, 0) is 23.8 Å². The molecule has 0 aromatic heterocycles. The number of benzene rings is 2. The SMILES string of the molecule is COc1cc(OC)c(/C=C/S(=O)Cc2ccc(OC)c(NCC(=O)[O-])c2)c(OC)c1.[Na+]. The number of carboxylic acids is 1. The maximum Gasteiger partial charge on any atom is 1.00 e. The number of anilines is 1. The molecule has 1 N–H and O–H groups in total. The molecule has 10 heteroatoms. The van der Waals surface area contributed by atoms with Gasteiger partial charge >= 0.3 is 29.6 Å². The van der Waals surface area contributed by atoms with Crippen LogP contribution < -0.4 is 58.9 Å². The van der Waals surface area contributed by atoms with Crippen molar-refractivity contribution < 1.29 is 62.6 Å². The number of carbonyl (C=O) groups is 1. The number of hydrogen-bond acceptors (Lipinski definition) is 8. The van der Waals surface area contributed by atoms with E-state index in [0.29, 0.717) is 34.2 Å². The van der Waals surface area contributed by atoms with Crippen LogP contribution >= 0.6 is 0 Å². The Labute approximate surface area is 206 Å². The van der Waals surface area contributed by atoms with Crippen LogP contribution in [0.1, 0.15) is 11.1 Å². The first-order valence-corrected chi connectivity index (χ1v) is 10.3. The molecule has 0 amide bonds. The van der Waals surface area contributed by atoms with Gasteiger partial charge in [-0.2, -0.15) is 0 Å². The number of rotatable bonds is 11. The molecule has 0 saturated heterocycles. The van der Waals surface area contributed by atoms with E-state index in [4.69, 9.17) is 18.9 Å². The molecule has 0 radical (unpaired) electrons. The molecule has 0 bridgehead atoms. The van der Waals surface area contributed by atoms with Crippen LogP contribution in [0.15, 0.2) is 35.7 Å². The molecular weight excluding hydrogens is 433 g/mol. The largest absolute Gasteiger partial charge is 1.00 e. The summed E-state index contributed by atoms with van der Waals surface area (Å²) >= 11 is 0. The van der Waals surface area contributed by atoms with E-state index in [1.165, 1.54) is 21.3 Å². The Balaban J connectivity index is 0.00000480. The number of aliphatic carboxylic acids is 1. The molecule has 0 aliphatic carbocycles. The average Bonchev–Trinajstić information content (AvgIpc) is 2.75. The molecule has 0 aliphatic heterocycles. The summed E-state index contributed by atoms with van der Waals surface area (Å²) in [6, 6.07) is 8.57. The first-order valence-electron chi connectivity index (χ1n) is 8.87. The van der Waals surface area contributed by atoms with Crippen LogP contribution in [0, 0.1) is 0 Å². The van der Waals surface area contributed by atoms with E-state index in [1.807, 2.05) is 0 Å². The monoisotopic (exact) mass is 457 g/mol. The fourth-order valence-electron chi connectivity index (χ4n) is 2.70. The minimum Gasteiger partial charge on any atom is -0.548 e. The maximum absolute atomic E-state index is 12.6. The van der Waals surface area contributed by atoms with Gasteiger partial charge in [-0.15, -0.1) is 0 Å². The van der Waals surface area contributed by atoms with Gasteiger partial charge in [-0.3, -0.25) is 4.21 Å². The van der Waals surface area contributed by atoms with Gasteiger partial charge in [-0.1, -0.05) is 6.07 Å². The Morgan fingerprint density at radius 3 is 2.13 bits per heavy atom. The maximum atomic E-state index is 12.6. The van der Waals surface area contributed by atoms with Crippen LogP contribution in [-0.4, -0.2) is 45.2 Å². The summed E-state index contributed by atoms with van der Waals surface area (Å²) in [5.41, 5.74) is 1.87. The minimum absolute atomic E-state index is 0. The summed E-state index contributed by atoms with van der Waals surface area (Å²) in [7, 11) is 4.74. The molecule has 1 atom stereocenters. The summed E-state index contributed by atoms with van der Waals surface area (Å²) in [6.45, 7) is -0.361. The van der Waals surface area contributed by atoms with Crippen LogP contribution in [-0.2, 0) is 21.3 Å². The quantitative estimate of drug-likeness (QED) is 0.420. The molecule has 31 heavy (non-hydrogen) atoms. The molecule has 2 rings (SSSR count). The third-order valence-electron chi connectivity index (χ3n) is 4.14. The molecule has 0 aliphatic rings. The summed E-state index contributed by atoms with van der Waals surface area (Å²) in [5, 5.41) is 15.0. The second kappa shape index (κ2) is 13.3. The van der Waals surface area contributed by atoms with Crippen molar-refractivity contribution in [1.29, 1.82) is 0 Å². The van der Waals surface area contributed by atoms with E-state index < -0.39 is 16.8 Å². The van der Waals surface area contributed by atoms with Crippen LogP contribution in [0.5, 0.6) is 23.0 Å². The Kier molecular flexibility index (Phi) is 11.5. The average molecular weight is 457 g/mol. The fraction of sp³-hybridized carbons (Fsp3) is 0.286. The predicted molar refractivity (Wildman–Crippen MR) is 113 cm³/mol. The van der Waals surface area contributed by atoms with E-state index in [-0.39, 0.29) is 41.9 Å².